The first-order valence-corrected chi connectivity index (χ1v) is 5.53. The summed E-state index contributed by atoms with van der Waals surface area (Å²) in [7, 11) is 0. The molecule has 1 amide bonds. The van der Waals surface area contributed by atoms with Gasteiger partial charge in [-0.1, -0.05) is 0 Å². The molecule has 1 aliphatic carbocycles. The van der Waals surface area contributed by atoms with E-state index >= 15 is 0 Å². The minimum atomic E-state index is -0.369. The number of nitrogens with one attached hydrogen (secondary N) is 1. The van der Waals surface area contributed by atoms with Crippen molar-refractivity contribution < 1.29 is 13.9 Å². The fourth-order valence-corrected chi connectivity index (χ4v) is 1.86. The van der Waals surface area contributed by atoms with Gasteiger partial charge in [0.1, 0.15) is 17.7 Å². The summed E-state index contributed by atoms with van der Waals surface area (Å²) in [6.45, 7) is 1.48. The minimum Gasteiger partial charge on any atom is -0.488 e. The molecule has 1 aromatic carbocycles. The Labute approximate surface area is 98.9 Å². The Kier molecular flexibility index (Phi) is 3.17. The Morgan fingerprint density at radius 3 is 2.88 bits per heavy atom. The molecule has 4 nitrogen and oxygen atoms in total. The molecule has 1 fully saturated rings. The van der Waals surface area contributed by atoms with Gasteiger partial charge in [-0.05, 0) is 12.1 Å². The van der Waals surface area contributed by atoms with Gasteiger partial charge in [0.2, 0.25) is 5.91 Å². The lowest BCUT2D eigenvalue weighted by atomic mass is 9.89. The van der Waals surface area contributed by atoms with E-state index in [1.807, 2.05) is 0 Å². The van der Waals surface area contributed by atoms with Gasteiger partial charge in [0.15, 0.2) is 0 Å². The Balaban J connectivity index is 1.87. The highest BCUT2D eigenvalue weighted by Crippen LogP contribution is 2.29. The van der Waals surface area contributed by atoms with Crippen LogP contribution >= 0.6 is 0 Å². The van der Waals surface area contributed by atoms with E-state index in [1.54, 1.807) is 0 Å². The molecule has 0 aromatic heterocycles. The lowest BCUT2D eigenvalue weighted by molar-refractivity contribution is -0.120. The summed E-state index contributed by atoms with van der Waals surface area (Å²) in [5.41, 5.74) is 6.10. The average Bonchev–Trinajstić information content (AvgIpc) is 2.19. The molecule has 0 heterocycles. The van der Waals surface area contributed by atoms with Gasteiger partial charge in [0.05, 0.1) is 5.69 Å². The molecule has 1 aliphatic rings. The minimum absolute atomic E-state index is 0.00375. The van der Waals surface area contributed by atoms with E-state index in [9.17, 15) is 9.18 Å². The maximum atomic E-state index is 13.0. The SMILES string of the molecule is CC(=O)NC1CC(Oc2cc(F)ccc2N)C1. The number of hydrogen-bond acceptors (Lipinski definition) is 3. The number of rotatable bonds is 3. The van der Waals surface area contributed by atoms with Gasteiger partial charge in [0.25, 0.3) is 0 Å². The molecule has 0 spiro atoms. The standard InChI is InChI=1S/C12H15FN2O2/c1-7(16)15-9-5-10(6-9)17-12-4-8(13)2-3-11(12)14/h2-4,9-10H,5-6,14H2,1H3,(H,15,16). The molecule has 92 valence electrons. The van der Waals surface area contributed by atoms with Crippen LogP contribution in [0.2, 0.25) is 0 Å². The molecule has 0 bridgehead atoms. The molecule has 17 heavy (non-hydrogen) atoms. The van der Waals surface area contributed by atoms with Crippen LogP contribution in [0.4, 0.5) is 10.1 Å². The highest BCUT2D eigenvalue weighted by molar-refractivity contribution is 5.73. The second kappa shape index (κ2) is 4.61. The number of amides is 1. The number of carbonyl (C=O) groups excluding carboxylic acids is 1. The van der Waals surface area contributed by atoms with Crippen molar-refractivity contribution in [1.82, 2.24) is 5.32 Å². The van der Waals surface area contributed by atoms with Gasteiger partial charge in [-0.3, -0.25) is 4.79 Å². The fraction of sp³-hybridized carbons (Fsp3) is 0.417. The molecular weight excluding hydrogens is 223 g/mol. The summed E-state index contributed by atoms with van der Waals surface area (Å²) < 4.78 is 18.5. The molecule has 0 unspecified atom stereocenters. The normalized spacial score (nSPS) is 22.7. The van der Waals surface area contributed by atoms with Crippen LogP contribution < -0.4 is 15.8 Å². The van der Waals surface area contributed by atoms with Crippen LogP contribution in [0, 0.1) is 5.82 Å². The van der Waals surface area contributed by atoms with Gasteiger partial charge >= 0.3 is 0 Å². The van der Waals surface area contributed by atoms with Crippen molar-refractivity contribution in [2.24, 2.45) is 0 Å². The van der Waals surface area contributed by atoms with Crippen LogP contribution in [0.15, 0.2) is 18.2 Å². The number of nitrogens with two attached hydrogens (primary N) is 1. The number of nitrogen functional groups attached to an aromatic ring is 1. The van der Waals surface area contributed by atoms with E-state index in [0.29, 0.717) is 11.4 Å². The first kappa shape index (κ1) is 11.7. The zero-order valence-corrected chi connectivity index (χ0v) is 9.57. The summed E-state index contributed by atoms with van der Waals surface area (Å²) in [5, 5.41) is 2.80. The molecule has 1 saturated carbocycles. The summed E-state index contributed by atoms with van der Waals surface area (Å²) in [4.78, 5) is 10.8. The van der Waals surface area contributed by atoms with Crippen LogP contribution in [-0.4, -0.2) is 18.1 Å². The van der Waals surface area contributed by atoms with Gasteiger partial charge < -0.3 is 15.8 Å². The zero-order valence-electron chi connectivity index (χ0n) is 9.57. The second-order valence-electron chi connectivity index (χ2n) is 4.29. The highest BCUT2D eigenvalue weighted by atomic mass is 19.1. The van der Waals surface area contributed by atoms with Gasteiger partial charge in [0, 0.05) is 31.9 Å². The molecule has 5 heteroatoms. The summed E-state index contributed by atoms with van der Waals surface area (Å²) in [6, 6.07) is 4.21. The third kappa shape index (κ3) is 2.87. The molecule has 0 radical (unpaired) electrons. The lowest BCUT2D eigenvalue weighted by Gasteiger charge is -2.35. The third-order valence-electron chi connectivity index (χ3n) is 2.77. The molecule has 0 aliphatic heterocycles. The van der Waals surface area contributed by atoms with Crippen molar-refractivity contribution in [1.29, 1.82) is 0 Å². The predicted molar refractivity (Wildman–Crippen MR) is 62.1 cm³/mol. The van der Waals surface area contributed by atoms with E-state index in [1.165, 1.54) is 25.1 Å². The first-order chi connectivity index (χ1) is 8.04. The van der Waals surface area contributed by atoms with E-state index < -0.39 is 0 Å². The van der Waals surface area contributed by atoms with Gasteiger partial charge in [-0.25, -0.2) is 4.39 Å². The number of anilines is 1. The van der Waals surface area contributed by atoms with E-state index in [-0.39, 0.29) is 23.9 Å². The third-order valence-corrected chi connectivity index (χ3v) is 2.77. The van der Waals surface area contributed by atoms with Crippen LogP contribution in [0.1, 0.15) is 19.8 Å². The molecule has 0 saturated heterocycles. The average molecular weight is 238 g/mol. The van der Waals surface area contributed by atoms with Crippen LogP contribution in [0.5, 0.6) is 5.75 Å². The van der Waals surface area contributed by atoms with E-state index in [2.05, 4.69) is 5.32 Å². The van der Waals surface area contributed by atoms with Crippen molar-refractivity contribution >= 4 is 11.6 Å². The molecular formula is C12H15FN2O2. The second-order valence-corrected chi connectivity index (χ2v) is 4.29. The van der Waals surface area contributed by atoms with E-state index in [0.717, 1.165) is 12.8 Å². The number of halogens is 1. The van der Waals surface area contributed by atoms with Crippen molar-refractivity contribution in [3.8, 4) is 5.75 Å². The van der Waals surface area contributed by atoms with Gasteiger partial charge in [-0.2, -0.15) is 0 Å². The highest BCUT2D eigenvalue weighted by Gasteiger charge is 2.31. The number of hydrogen-bond donors (Lipinski definition) is 2. The van der Waals surface area contributed by atoms with Crippen molar-refractivity contribution in [2.75, 3.05) is 5.73 Å². The summed E-state index contributed by atoms with van der Waals surface area (Å²) >= 11 is 0. The fourth-order valence-electron chi connectivity index (χ4n) is 1.86. The maximum absolute atomic E-state index is 13.0. The number of benzene rings is 1. The lowest BCUT2D eigenvalue weighted by Crippen LogP contribution is -2.48. The Morgan fingerprint density at radius 1 is 1.53 bits per heavy atom. The van der Waals surface area contributed by atoms with Gasteiger partial charge in [-0.15, -0.1) is 0 Å². The van der Waals surface area contributed by atoms with Crippen LogP contribution in [0.3, 0.4) is 0 Å². The predicted octanol–water partition coefficient (Wildman–Crippen LogP) is 1.45. The molecule has 3 N–H and O–H groups in total. The Morgan fingerprint density at radius 2 is 2.24 bits per heavy atom. The van der Waals surface area contributed by atoms with Crippen LogP contribution in [-0.2, 0) is 4.79 Å². The quantitative estimate of drug-likeness (QED) is 0.783. The number of ether oxygens (including phenoxy) is 1. The largest absolute Gasteiger partial charge is 0.488 e. The van der Waals surface area contributed by atoms with Crippen molar-refractivity contribution in [3.05, 3.63) is 24.0 Å². The Bertz CT molecular complexity index is 431. The smallest absolute Gasteiger partial charge is 0.217 e. The topological polar surface area (TPSA) is 64.3 Å². The summed E-state index contributed by atoms with van der Waals surface area (Å²) in [5.74, 6) is -0.0399. The first-order valence-electron chi connectivity index (χ1n) is 5.53. The molecule has 2 rings (SSSR count). The van der Waals surface area contributed by atoms with Crippen molar-refractivity contribution in [2.45, 2.75) is 31.9 Å². The molecule has 0 atom stereocenters. The molecule has 1 aromatic rings. The monoisotopic (exact) mass is 238 g/mol. The number of carbonyl (C=O) groups is 1. The van der Waals surface area contributed by atoms with Crippen molar-refractivity contribution in [3.63, 3.8) is 0 Å². The summed E-state index contributed by atoms with van der Waals surface area (Å²) in [6.07, 6.45) is 1.46. The van der Waals surface area contributed by atoms with E-state index in [4.69, 9.17) is 10.5 Å². The Hall–Kier alpha value is -1.78. The maximum Gasteiger partial charge on any atom is 0.217 e. The van der Waals surface area contributed by atoms with Crippen LogP contribution in [0.25, 0.3) is 0 Å². The zero-order chi connectivity index (χ0) is 12.4.